The zero-order valence-corrected chi connectivity index (χ0v) is 10.2. The Hall–Kier alpha value is -2.03. The van der Waals surface area contributed by atoms with Crippen molar-refractivity contribution in [3.8, 4) is 0 Å². The van der Waals surface area contributed by atoms with Crippen molar-refractivity contribution in [3.63, 3.8) is 0 Å². The largest absolute Gasteiger partial charge is 0.294 e. The van der Waals surface area contributed by atoms with Crippen molar-refractivity contribution in [2.75, 3.05) is 0 Å². The molecule has 0 aliphatic rings. The van der Waals surface area contributed by atoms with E-state index in [4.69, 9.17) is 0 Å². The van der Waals surface area contributed by atoms with Gasteiger partial charge < -0.3 is 0 Å². The minimum Gasteiger partial charge on any atom is -0.294 e. The molecular weight excluding hydrogens is 229 g/mol. The molecule has 2 aromatic rings. The number of halogens is 1. The summed E-state index contributed by atoms with van der Waals surface area (Å²) in [4.78, 5) is 15.6. The molecule has 0 unspecified atom stereocenters. The number of ketones is 1. The average molecular weight is 243 g/mol. The van der Waals surface area contributed by atoms with E-state index in [1.54, 1.807) is 0 Å². The zero-order valence-electron chi connectivity index (χ0n) is 10.2. The summed E-state index contributed by atoms with van der Waals surface area (Å²) in [6, 6.07) is 9.10. The Morgan fingerprint density at radius 2 is 1.83 bits per heavy atom. The molecule has 0 spiro atoms. The van der Waals surface area contributed by atoms with Crippen LogP contribution in [-0.4, -0.2) is 10.8 Å². The Balaban J connectivity index is 2.11. The van der Waals surface area contributed by atoms with Gasteiger partial charge in [-0.25, -0.2) is 4.39 Å². The molecule has 1 aromatic carbocycles. The van der Waals surface area contributed by atoms with Gasteiger partial charge in [0.25, 0.3) is 0 Å². The number of pyridine rings is 1. The van der Waals surface area contributed by atoms with Crippen molar-refractivity contribution < 1.29 is 9.18 Å². The number of aromatic nitrogens is 1. The molecule has 0 amide bonds. The molecule has 0 aliphatic carbocycles. The quantitative estimate of drug-likeness (QED) is 0.772. The van der Waals surface area contributed by atoms with Crippen molar-refractivity contribution in [2.24, 2.45) is 0 Å². The predicted molar refractivity (Wildman–Crippen MR) is 68.0 cm³/mol. The van der Waals surface area contributed by atoms with Crippen molar-refractivity contribution in [2.45, 2.75) is 19.8 Å². The molecule has 0 N–H and O–H groups in total. The molecule has 0 fully saturated rings. The number of nitrogens with zero attached hydrogens (tertiary/aromatic N) is 1. The van der Waals surface area contributed by atoms with E-state index in [1.165, 1.54) is 17.8 Å². The van der Waals surface area contributed by atoms with E-state index in [1.807, 2.05) is 24.3 Å². The fraction of sp³-hybridized carbons (Fsp3) is 0.200. The molecule has 0 saturated heterocycles. The lowest BCUT2D eigenvalue weighted by atomic mass is 10.0. The first-order valence-electron chi connectivity index (χ1n) is 5.90. The summed E-state index contributed by atoms with van der Waals surface area (Å²) in [7, 11) is 0. The number of aryl methyl sites for hydroxylation is 1. The number of rotatable bonds is 4. The summed E-state index contributed by atoms with van der Waals surface area (Å²) in [5, 5.41) is 0. The number of benzene rings is 1. The SMILES string of the molecule is CCc1ccc(CC(=O)c2cncc(F)c2)cc1. The molecule has 0 aliphatic heterocycles. The predicted octanol–water partition coefficient (Wildman–Crippen LogP) is 3.21. The van der Waals surface area contributed by atoms with Gasteiger partial charge in [-0.2, -0.15) is 0 Å². The molecule has 0 radical (unpaired) electrons. The maximum atomic E-state index is 13.0. The highest BCUT2D eigenvalue weighted by Crippen LogP contribution is 2.10. The molecule has 18 heavy (non-hydrogen) atoms. The molecule has 0 bridgehead atoms. The highest BCUT2D eigenvalue weighted by atomic mass is 19.1. The summed E-state index contributed by atoms with van der Waals surface area (Å²) in [6.45, 7) is 2.08. The molecule has 3 heteroatoms. The van der Waals surface area contributed by atoms with Gasteiger partial charge in [-0.3, -0.25) is 9.78 Å². The van der Waals surface area contributed by atoms with E-state index in [0.29, 0.717) is 5.56 Å². The molecule has 1 heterocycles. The van der Waals surface area contributed by atoms with Gasteiger partial charge in [0, 0.05) is 18.2 Å². The van der Waals surface area contributed by atoms with Crippen LogP contribution in [0, 0.1) is 5.82 Å². The molecule has 1 aromatic heterocycles. The van der Waals surface area contributed by atoms with Crippen molar-refractivity contribution in [3.05, 3.63) is 65.2 Å². The maximum absolute atomic E-state index is 13.0. The second-order valence-corrected chi connectivity index (χ2v) is 4.16. The maximum Gasteiger partial charge on any atom is 0.168 e. The van der Waals surface area contributed by atoms with Crippen molar-refractivity contribution in [1.82, 2.24) is 4.98 Å². The number of Topliss-reactive ketones (excluding diaryl/α,β-unsaturated/α-hetero) is 1. The van der Waals surface area contributed by atoms with E-state index in [2.05, 4.69) is 11.9 Å². The first-order chi connectivity index (χ1) is 8.69. The van der Waals surface area contributed by atoms with Crippen LogP contribution < -0.4 is 0 Å². The number of hydrogen-bond donors (Lipinski definition) is 0. The van der Waals surface area contributed by atoms with E-state index < -0.39 is 5.82 Å². The summed E-state index contributed by atoms with van der Waals surface area (Å²) in [5.74, 6) is -0.603. The van der Waals surface area contributed by atoms with Crippen LogP contribution in [0.15, 0.2) is 42.7 Å². The Morgan fingerprint density at radius 1 is 1.17 bits per heavy atom. The van der Waals surface area contributed by atoms with Crippen molar-refractivity contribution >= 4 is 5.78 Å². The van der Waals surface area contributed by atoms with Crippen molar-refractivity contribution in [1.29, 1.82) is 0 Å². The normalized spacial score (nSPS) is 10.3. The van der Waals surface area contributed by atoms with Crippen LogP contribution in [0.5, 0.6) is 0 Å². The highest BCUT2D eigenvalue weighted by molar-refractivity contribution is 5.97. The molecule has 2 rings (SSSR count). The summed E-state index contributed by atoms with van der Waals surface area (Å²) < 4.78 is 13.0. The monoisotopic (exact) mass is 243 g/mol. The topological polar surface area (TPSA) is 30.0 Å². The zero-order chi connectivity index (χ0) is 13.0. The number of carbonyl (C=O) groups is 1. The number of carbonyl (C=O) groups excluding carboxylic acids is 1. The summed E-state index contributed by atoms with van der Waals surface area (Å²) in [5.41, 5.74) is 2.48. The van der Waals surface area contributed by atoms with Gasteiger partial charge in [-0.1, -0.05) is 31.2 Å². The van der Waals surface area contributed by atoms with Crippen LogP contribution in [0.2, 0.25) is 0 Å². The fourth-order valence-electron chi connectivity index (χ4n) is 1.74. The Kier molecular flexibility index (Phi) is 3.82. The Morgan fingerprint density at radius 3 is 2.44 bits per heavy atom. The average Bonchev–Trinajstić information content (AvgIpc) is 2.39. The second-order valence-electron chi connectivity index (χ2n) is 4.16. The first-order valence-corrected chi connectivity index (χ1v) is 5.90. The lowest BCUT2D eigenvalue weighted by Crippen LogP contribution is -2.04. The van der Waals surface area contributed by atoms with Crippen LogP contribution >= 0.6 is 0 Å². The van der Waals surface area contributed by atoms with E-state index in [0.717, 1.165) is 18.2 Å². The minimum atomic E-state index is -0.484. The van der Waals surface area contributed by atoms with Crippen LogP contribution in [0.1, 0.15) is 28.4 Å². The van der Waals surface area contributed by atoms with Crippen LogP contribution in [0.25, 0.3) is 0 Å². The summed E-state index contributed by atoms with van der Waals surface area (Å²) in [6.07, 6.45) is 3.73. The molecule has 0 saturated carbocycles. The fourth-order valence-corrected chi connectivity index (χ4v) is 1.74. The first kappa shape index (κ1) is 12.4. The lowest BCUT2D eigenvalue weighted by Gasteiger charge is -2.03. The third-order valence-electron chi connectivity index (χ3n) is 2.82. The molecule has 2 nitrogen and oxygen atoms in total. The Labute approximate surface area is 105 Å². The third kappa shape index (κ3) is 3.00. The van der Waals surface area contributed by atoms with Gasteiger partial charge in [0.15, 0.2) is 5.78 Å². The van der Waals surface area contributed by atoms with Gasteiger partial charge in [-0.05, 0) is 23.6 Å². The van der Waals surface area contributed by atoms with Gasteiger partial charge in [-0.15, -0.1) is 0 Å². The van der Waals surface area contributed by atoms with Gasteiger partial charge in [0.05, 0.1) is 6.20 Å². The number of hydrogen-bond acceptors (Lipinski definition) is 2. The Bertz CT molecular complexity index is 549. The van der Waals surface area contributed by atoms with Crippen LogP contribution in [0.4, 0.5) is 4.39 Å². The molecular formula is C15H14FNO. The molecule has 92 valence electrons. The molecule has 0 atom stereocenters. The van der Waals surface area contributed by atoms with Crippen LogP contribution in [-0.2, 0) is 12.8 Å². The van der Waals surface area contributed by atoms with Gasteiger partial charge in [0.1, 0.15) is 5.82 Å². The summed E-state index contributed by atoms with van der Waals surface area (Å²) >= 11 is 0. The lowest BCUT2D eigenvalue weighted by molar-refractivity contribution is 0.0992. The third-order valence-corrected chi connectivity index (χ3v) is 2.82. The highest BCUT2D eigenvalue weighted by Gasteiger charge is 2.08. The minimum absolute atomic E-state index is 0.119. The second kappa shape index (κ2) is 5.54. The van der Waals surface area contributed by atoms with Crippen LogP contribution in [0.3, 0.4) is 0 Å². The standard InChI is InChI=1S/C15H14FNO/c1-2-11-3-5-12(6-4-11)7-15(18)13-8-14(16)10-17-9-13/h3-6,8-10H,2,7H2,1H3. The smallest absolute Gasteiger partial charge is 0.168 e. The van der Waals surface area contributed by atoms with Gasteiger partial charge >= 0.3 is 0 Å². The van der Waals surface area contributed by atoms with E-state index >= 15 is 0 Å². The van der Waals surface area contributed by atoms with E-state index in [-0.39, 0.29) is 12.2 Å². The van der Waals surface area contributed by atoms with E-state index in [9.17, 15) is 9.18 Å². The van der Waals surface area contributed by atoms with Gasteiger partial charge in [0.2, 0.25) is 0 Å².